The van der Waals surface area contributed by atoms with Crippen LogP contribution in [0.1, 0.15) is 41.3 Å². The number of hydrogen-bond acceptors (Lipinski definition) is 5. The number of hydrogen-bond donors (Lipinski definition) is 2. The molecule has 1 amide bonds. The van der Waals surface area contributed by atoms with Crippen molar-refractivity contribution < 1.29 is 14.6 Å². The molecule has 4 rings (SSSR count). The highest BCUT2D eigenvalue weighted by atomic mass is 16.5. The van der Waals surface area contributed by atoms with E-state index in [1.54, 1.807) is 13.8 Å². The molecule has 0 aliphatic carbocycles. The number of fused-ring (bicyclic) bond motifs is 1. The smallest absolute Gasteiger partial charge is 0.296 e. The van der Waals surface area contributed by atoms with Crippen LogP contribution in [-0.2, 0) is 23.4 Å². The molecule has 0 bridgehead atoms. The van der Waals surface area contributed by atoms with Crippen molar-refractivity contribution in [1.82, 2.24) is 14.9 Å². The van der Waals surface area contributed by atoms with Gasteiger partial charge in [0.2, 0.25) is 5.75 Å². The topological polar surface area (TPSA) is 93.5 Å². The van der Waals surface area contributed by atoms with E-state index >= 15 is 0 Å². The minimum Gasteiger partial charge on any atom is -0.501 e. The summed E-state index contributed by atoms with van der Waals surface area (Å²) in [6, 6.07) is 15.9. The van der Waals surface area contributed by atoms with Gasteiger partial charge in [-0.15, -0.1) is 0 Å². The van der Waals surface area contributed by atoms with E-state index in [0.29, 0.717) is 12.4 Å². The minimum atomic E-state index is -0.835. The molecule has 0 radical (unpaired) electrons. The monoisotopic (exact) mass is 419 g/mol. The van der Waals surface area contributed by atoms with Gasteiger partial charge in [0, 0.05) is 6.54 Å². The van der Waals surface area contributed by atoms with Gasteiger partial charge in [0.1, 0.15) is 11.4 Å². The molecule has 1 aliphatic heterocycles. The van der Waals surface area contributed by atoms with Crippen molar-refractivity contribution >= 4 is 5.91 Å². The molecule has 3 aromatic rings. The summed E-state index contributed by atoms with van der Waals surface area (Å²) in [5.74, 6) is -0.934. The van der Waals surface area contributed by atoms with Gasteiger partial charge in [-0.05, 0) is 37.5 Å². The number of nitrogens with zero attached hydrogens (tertiary/aromatic N) is 2. The summed E-state index contributed by atoms with van der Waals surface area (Å²) < 4.78 is 7.05. The fourth-order valence-corrected chi connectivity index (χ4v) is 3.85. The predicted molar refractivity (Wildman–Crippen MR) is 117 cm³/mol. The number of amides is 1. The third-order valence-corrected chi connectivity index (χ3v) is 5.46. The van der Waals surface area contributed by atoms with E-state index in [9.17, 15) is 14.7 Å². The Bertz CT molecular complexity index is 1210. The third-order valence-electron chi connectivity index (χ3n) is 5.46. The largest absolute Gasteiger partial charge is 0.501 e. The van der Waals surface area contributed by atoms with Crippen LogP contribution in [0.3, 0.4) is 0 Å². The highest BCUT2D eigenvalue weighted by Gasteiger charge is 2.34. The van der Waals surface area contributed by atoms with Crippen LogP contribution >= 0.6 is 0 Å². The van der Waals surface area contributed by atoms with Gasteiger partial charge >= 0.3 is 0 Å². The maximum Gasteiger partial charge on any atom is 0.296 e. The van der Waals surface area contributed by atoms with E-state index in [4.69, 9.17) is 4.74 Å². The average Bonchev–Trinajstić information content (AvgIpc) is 2.75. The number of carbonyl (C=O) groups excluding carboxylic acids is 1. The Labute approximate surface area is 180 Å². The number of rotatable bonds is 4. The molecule has 1 aliphatic rings. The lowest BCUT2D eigenvalue weighted by Crippen LogP contribution is -2.42. The average molecular weight is 419 g/mol. The molecule has 0 unspecified atom stereocenters. The molecule has 0 fully saturated rings. The molecule has 2 N–H and O–H groups in total. The molecule has 160 valence electrons. The standard InChI is InChI=1S/C24H25N3O4/c1-15-7-6-9-16(13-15)18-10-5-4-8-17(18)14-25-21(29)19-20(28)22(30)27-11-12-31-24(2,3)23(27)26-19/h4-10,13,28H,11-12,14H2,1-3H3,(H,25,29). The second-order valence-corrected chi connectivity index (χ2v) is 8.16. The van der Waals surface area contributed by atoms with Crippen molar-refractivity contribution in [3.8, 4) is 16.9 Å². The van der Waals surface area contributed by atoms with E-state index < -0.39 is 22.8 Å². The zero-order valence-electron chi connectivity index (χ0n) is 17.8. The second-order valence-electron chi connectivity index (χ2n) is 8.16. The number of nitrogens with one attached hydrogen (secondary N) is 1. The van der Waals surface area contributed by atoms with Gasteiger partial charge in [-0.2, -0.15) is 0 Å². The number of benzene rings is 2. The van der Waals surface area contributed by atoms with Crippen LogP contribution in [0.2, 0.25) is 0 Å². The normalized spacial score (nSPS) is 14.7. The van der Waals surface area contributed by atoms with Gasteiger partial charge in [0.05, 0.1) is 13.2 Å². The van der Waals surface area contributed by atoms with Crippen molar-refractivity contribution in [3.05, 3.63) is 81.5 Å². The van der Waals surface area contributed by atoms with Gasteiger partial charge in [-0.3, -0.25) is 14.2 Å². The summed E-state index contributed by atoms with van der Waals surface area (Å²) in [4.78, 5) is 29.8. The molecule has 0 saturated carbocycles. The van der Waals surface area contributed by atoms with Crippen LogP contribution in [0.25, 0.3) is 11.1 Å². The number of aromatic nitrogens is 2. The Morgan fingerprint density at radius 1 is 1.23 bits per heavy atom. The van der Waals surface area contributed by atoms with Crippen LogP contribution in [-0.4, -0.2) is 27.2 Å². The first-order valence-electron chi connectivity index (χ1n) is 10.2. The summed E-state index contributed by atoms with van der Waals surface area (Å²) in [5.41, 5.74) is 2.36. The van der Waals surface area contributed by atoms with Gasteiger partial charge < -0.3 is 15.2 Å². The molecule has 2 heterocycles. The van der Waals surface area contributed by atoms with Crippen LogP contribution in [0, 0.1) is 6.92 Å². The second kappa shape index (κ2) is 8.00. The first kappa shape index (κ1) is 20.8. The number of carbonyl (C=O) groups is 1. The Balaban J connectivity index is 1.63. The summed E-state index contributed by atoms with van der Waals surface area (Å²) >= 11 is 0. The Hall–Kier alpha value is -3.45. The zero-order valence-corrected chi connectivity index (χ0v) is 17.8. The van der Waals surface area contributed by atoms with Gasteiger partial charge in [0.15, 0.2) is 5.69 Å². The number of aryl methyl sites for hydroxylation is 1. The molecule has 1 aromatic heterocycles. The van der Waals surface area contributed by atoms with E-state index in [1.807, 2.05) is 49.4 Å². The molecule has 31 heavy (non-hydrogen) atoms. The molecular formula is C24H25N3O4. The van der Waals surface area contributed by atoms with E-state index in [2.05, 4.69) is 16.4 Å². The lowest BCUT2D eigenvalue weighted by atomic mass is 9.98. The van der Waals surface area contributed by atoms with Crippen molar-refractivity contribution in [2.24, 2.45) is 0 Å². The Morgan fingerprint density at radius 2 is 2.00 bits per heavy atom. The van der Waals surface area contributed by atoms with Crippen molar-refractivity contribution in [3.63, 3.8) is 0 Å². The fraction of sp³-hybridized carbons (Fsp3) is 0.292. The summed E-state index contributed by atoms with van der Waals surface area (Å²) in [7, 11) is 0. The van der Waals surface area contributed by atoms with Crippen LogP contribution in [0.4, 0.5) is 0 Å². The molecule has 0 atom stereocenters. The summed E-state index contributed by atoms with van der Waals surface area (Å²) in [6.45, 7) is 6.43. The van der Waals surface area contributed by atoms with E-state index in [0.717, 1.165) is 22.3 Å². The minimum absolute atomic E-state index is 0.225. The van der Waals surface area contributed by atoms with E-state index in [1.165, 1.54) is 4.57 Å². The van der Waals surface area contributed by atoms with Crippen molar-refractivity contribution in [2.45, 2.75) is 39.5 Å². The van der Waals surface area contributed by atoms with Gasteiger partial charge in [0.25, 0.3) is 11.5 Å². The maximum absolute atomic E-state index is 12.9. The molecule has 7 heteroatoms. The first-order chi connectivity index (χ1) is 14.8. The third kappa shape index (κ3) is 3.96. The van der Waals surface area contributed by atoms with Crippen LogP contribution in [0.5, 0.6) is 5.75 Å². The molecular weight excluding hydrogens is 394 g/mol. The highest BCUT2D eigenvalue weighted by molar-refractivity contribution is 5.94. The lowest BCUT2D eigenvalue weighted by molar-refractivity contribution is -0.0566. The zero-order chi connectivity index (χ0) is 22.2. The lowest BCUT2D eigenvalue weighted by Gasteiger charge is -2.32. The van der Waals surface area contributed by atoms with Crippen molar-refractivity contribution in [1.29, 1.82) is 0 Å². The Kier molecular flexibility index (Phi) is 5.37. The van der Waals surface area contributed by atoms with Crippen LogP contribution < -0.4 is 10.9 Å². The highest BCUT2D eigenvalue weighted by Crippen LogP contribution is 2.28. The van der Waals surface area contributed by atoms with Crippen molar-refractivity contribution in [2.75, 3.05) is 6.61 Å². The summed E-state index contributed by atoms with van der Waals surface area (Å²) in [6.07, 6.45) is 0. The van der Waals surface area contributed by atoms with Gasteiger partial charge in [-0.25, -0.2) is 4.98 Å². The molecule has 0 spiro atoms. The Morgan fingerprint density at radius 3 is 2.77 bits per heavy atom. The van der Waals surface area contributed by atoms with E-state index in [-0.39, 0.29) is 18.8 Å². The number of ether oxygens (including phenoxy) is 1. The summed E-state index contributed by atoms with van der Waals surface area (Å²) in [5, 5.41) is 13.1. The number of aromatic hydroxyl groups is 1. The molecule has 0 saturated heterocycles. The van der Waals surface area contributed by atoms with Crippen LogP contribution in [0.15, 0.2) is 53.3 Å². The predicted octanol–water partition coefficient (Wildman–Crippen LogP) is 3.12. The van der Waals surface area contributed by atoms with Gasteiger partial charge in [-0.1, -0.05) is 54.1 Å². The molecule has 7 nitrogen and oxygen atoms in total. The SMILES string of the molecule is Cc1cccc(-c2ccccc2CNC(=O)c2nc3n(c(=O)c2O)CCOC3(C)C)c1. The quantitative estimate of drug-likeness (QED) is 0.678. The first-order valence-corrected chi connectivity index (χ1v) is 10.2. The molecule has 2 aromatic carbocycles. The fourth-order valence-electron chi connectivity index (χ4n) is 3.85. The maximum atomic E-state index is 12.9.